The number of nitrogens with one attached hydrogen (secondary N) is 1. The molecule has 0 spiro atoms. The third kappa shape index (κ3) is 2.73. The van der Waals surface area contributed by atoms with E-state index in [0.717, 1.165) is 22.1 Å². The van der Waals surface area contributed by atoms with Crippen LogP contribution in [0.3, 0.4) is 0 Å². The standard InChI is InChI=1S/C12H12BrClN4/c1-2-8-11(15)16-6-17-12(8)18-10-5-7(14)3-4-9(10)13/h3-6H,2H2,1H3,(H3,15,16,17,18). The molecule has 0 bridgehead atoms. The Kier molecular flexibility index (Phi) is 4.04. The zero-order chi connectivity index (χ0) is 13.1. The van der Waals surface area contributed by atoms with Gasteiger partial charge in [0.15, 0.2) is 0 Å². The highest BCUT2D eigenvalue weighted by Gasteiger charge is 2.09. The van der Waals surface area contributed by atoms with Gasteiger partial charge in [-0.25, -0.2) is 9.97 Å². The number of anilines is 3. The predicted octanol–water partition coefficient (Wildman–Crippen LogP) is 3.78. The van der Waals surface area contributed by atoms with Gasteiger partial charge < -0.3 is 11.1 Å². The Morgan fingerprint density at radius 2 is 2.17 bits per heavy atom. The first-order valence-corrected chi connectivity index (χ1v) is 6.60. The lowest BCUT2D eigenvalue weighted by atomic mass is 10.2. The SMILES string of the molecule is CCc1c(N)ncnc1Nc1cc(Cl)ccc1Br. The Morgan fingerprint density at radius 1 is 1.39 bits per heavy atom. The summed E-state index contributed by atoms with van der Waals surface area (Å²) >= 11 is 9.43. The van der Waals surface area contributed by atoms with Crippen molar-refractivity contribution in [3.63, 3.8) is 0 Å². The highest BCUT2D eigenvalue weighted by Crippen LogP contribution is 2.30. The Labute approximate surface area is 119 Å². The normalized spacial score (nSPS) is 10.4. The number of nitrogens with two attached hydrogens (primary N) is 1. The second-order valence-electron chi connectivity index (χ2n) is 3.69. The molecule has 0 saturated heterocycles. The quantitative estimate of drug-likeness (QED) is 0.900. The molecule has 1 aromatic heterocycles. The summed E-state index contributed by atoms with van der Waals surface area (Å²) in [6, 6.07) is 5.51. The fourth-order valence-corrected chi connectivity index (χ4v) is 2.12. The van der Waals surface area contributed by atoms with E-state index in [0.29, 0.717) is 16.7 Å². The predicted molar refractivity (Wildman–Crippen MR) is 78.3 cm³/mol. The molecule has 2 rings (SSSR count). The fraction of sp³-hybridized carbons (Fsp3) is 0.167. The molecular weight excluding hydrogens is 316 g/mol. The Morgan fingerprint density at radius 3 is 2.89 bits per heavy atom. The number of halogens is 2. The second kappa shape index (κ2) is 5.54. The third-order valence-electron chi connectivity index (χ3n) is 2.51. The molecule has 18 heavy (non-hydrogen) atoms. The van der Waals surface area contributed by atoms with E-state index in [4.69, 9.17) is 17.3 Å². The van der Waals surface area contributed by atoms with Gasteiger partial charge in [0, 0.05) is 15.1 Å². The first-order valence-electron chi connectivity index (χ1n) is 5.43. The smallest absolute Gasteiger partial charge is 0.139 e. The van der Waals surface area contributed by atoms with E-state index in [2.05, 4.69) is 31.2 Å². The van der Waals surface area contributed by atoms with Crippen molar-refractivity contribution in [1.82, 2.24) is 9.97 Å². The van der Waals surface area contributed by atoms with Crippen molar-refractivity contribution in [2.75, 3.05) is 11.1 Å². The molecule has 0 atom stereocenters. The summed E-state index contributed by atoms with van der Waals surface area (Å²) in [5.41, 5.74) is 7.56. The molecule has 0 radical (unpaired) electrons. The van der Waals surface area contributed by atoms with E-state index in [-0.39, 0.29) is 0 Å². The molecule has 0 aliphatic carbocycles. The average molecular weight is 328 g/mol. The van der Waals surface area contributed by atoms with Crippen molar-refractivity contribution in [2.45, 2.75) is 13.3 Å². The number of hydrogen-bond acceptors (Lipinski definition) is 4. The molecule has 0 unspecified atom stereocenters. The summed E-state index contributed by atoms with van der Waals surface area (Å²) in [4.78, 5) is 8.19. The Balaban J connectivity index is 2.40. The molecule has 94 valence electrons. The van der Waals surface area contributed by atoms with Gasteiger partial charge in [0.1, 0.15) is 18.0 Å². The summed E-state index contributed by atoms with van der Waals surface area (Å²) in [5.74, 6) is 1.20. The molecular formula is C12H12BrClN4. The number of benzene rings is 1. The van der Waals surface area contributed by atoms with Crippen LogP contribution < -0.4 is 11.1 Å². The van der Waals surface area contributed by atoms with Crippen molar-refractivity contribution in [3.05, 3.63) is 39.6 Å². The maximum atomic E-state index is 5.97. The van der Waals surface area contributed by atoms with Gasteiger partial charge in [-0.3, -0.25) is 0 Å². The zero-order valence-electron chi connectivity index (χ0n) is 9.74. The first-order chi connectivity index (χ1) is 8.61. The van der Waals surface area contributed by atoms with Crippen LogP contribution in [0.4, 0.5) is 17.3 Å². The van der Waals surface area contributed by atoms with Gasteiger partial charge in [-0.05, 0) is 40.5 Å². The van der Waals surface area contributed by atoms with Crippen LogP contribution in [-0.4, -0.2) is 9.97 Å². The lowest BCUT2D eigenvalue weighted by Gasteiger charge is -2.12. The van der Waals surface area contributed by atoms with Crippen LogP contribution in [0.5, 0.6) is 0 Å². The van der Waals surface area contributed by atoms with E-state index in [1.165, 1.54) is 6.33 Å². The number of hydrogen-bond donors (Lipinski definition) is 2. The molecule has 1 aromatic carbocycles. The second-order valence-corrected chi connectivity index (χ2v) is 4.98. The molecule has 0 saturated carbocycles. The number of nitrogen functional groups attached to an aromatic ring is 1. The summed E-state index contributed by atoms with van der Waals surface area (Å²) < 4.78 is 0.908. The summed E-state index contributed by atoms with van der Waals surface area (Å²) in [6.45, 7) is 2.01. The largest absolute Gasteiger partial charge is 0.383 e. The minimum atomic E-state index is 0.494. The van der Waals surface area contributed by atoms with Gasteiger partial charge in [-0.2, -0.15) is 0 Å². The number of rotatable bonds is 3. The monoisotopic (exact) mass is 326 g/mol. The highest BCUT2D eigenvalue weighted by molar-refractivity contribution is 9.10. The van der Waals surface area contributed by atoms with E-state index < -0.39 is 0 Å². The van der Waals surface area contributed by atoms with Gasteiger partial charge in [0.2, 0.25) is 0 Å². The zero-order valence-corrected chi connectivity index (χ0v) is 12.1. The first kappa shape index (κ1) is 13.1. The minimum Gasteiger partial charge on any atom is -0.383 e. The lowest BCUT2D eigenvalue weighted by molar-refractivity contribution is 1.06. The van der Waals surface area contributed by atoms with Crippen LogP contribution in [0.25, 0.3) is 0 Å². The Hall–Kier alpha value is -1.33. The molecule has 3 N–H and O–H groups in total. The fourth-order valence-electron chi connectivity index (χ4n) is 1.60. The molecule has 6 heteroatoms. The minimum absolute atomic E-state index is 0.494. The van der Waals surface area contributed by atoms with E-state index in [9.17, 15) is 0 Å². The maximum Gasteiger partial charge on any atom is 0.139 e. The summed E-state index contributed by atoms with van der Waals surface area (Å²) in [7, 11) is 0. The van der Waals surface area contributed by atoms with Gasteiger partial charge in [0.25, 0.3) is 0 Å². The van der Waals surface area contributed by atoms with Crippen molar-refractivity contribution in [1.29, 1.82) is 0 Å². The van der Waals surface area contributed by atoms with Crippen LogP contribution in [0.15, 0.2) is 29.0 Å². The van der Waals surface area contributed by atoms with Gasteiger partial charge >= 0.3 is 0 Å². The summed E-state index contributed by atoms with van der Waals surface area (Å²) in [6.07, 6.45) is 2.20. The maximum absolute atomic E-state index is 5.97. The topological polar surface area (TPSA) is 63.8 Å². The van der Waals surface area contributed by atoms with Gasteiger partial charge in [-0.1, -0.05) is 18.5 Å². The molecule has 4 nitrogen and oxygen atoms in total. The highest BCUT2D eigenvalue weighted by atomic mass is 79.9. The molecule has 1 heterocycles. The third-order valence-corrected chi connectivity index (χ3v) is 3.44. The van der Waals surface area contributed by atoms with E-state index in [1.807, 2.05) is 25.1 Å². The molecule has 0 aliphatic heterocycles. The van der Waals surface area contributed by atoms with Crippen molar-refractivity contribution in [3.8, 4) is 0 Å². The van der Waals surface area contributed by atoms with Crippen LogP contribution in [0, 0.1) is 0 Å². The van der Waals surface area contributed by atoms with Crippen LogP contribution in [-0.2, 0) is 6.42 Å². The lowest BCUT2D eigenvalue weighted by Crippen LogP contribution is -2.04. The van der Waals surface area contributed by atoms with Gasteiger partial charge in [-0.15, -0.1) is 0 Å². The van der Waals surface area contributed by atoms with Crippen LogP contribution in [0.1, 0.15) is 12.5 Å². The van der Waals surface area contributed by atoms with E-state index >= 15 is 0 Å². The molecule has 2 aromatic rings. The van der Waals surface area contributed by atoms with Crippen molar-refractivity contribution >= 4 is 44.9 Å². The number of aromatic nitrogens is 2. The van der Waals surface area contributed by atoms with Gasteiger partial charge in [0.05, 0.1) is 5.69 Å². The average Bonchev–Trinajstić information content (AvgIpc) is 2.34. The number of nitrogens with zero attached hydrogens (tertiary/aromatic N) is 2. The van der Waals surface area contributed by atoms with Crippen LogP contribution in [0.2, 0.25) is 5.02 Å². The Bertz CT molecular complexity index is 574. The van der Waals surface area contributed by atoms with E-state index in [1.54, 1.807) is 0 Å². The molecule has 0 fully saturated rings. The summed E-state index contributed by atoms with van der Waals surface area (Å²) in [5, 5.41) is 3.86. The molecule has 0 aliphatic rings. The van der Waals surface area contributed by atoms with Crippen molar-refractivity contribution < 1.29 is 0 Å². The van der Waals surface area contributed by atoms with Crippen LogP contribution >= 0.6 is 27.5 Å². The molecule has 0 amide bonds. The van der Waals surface area contributed by atoms with Crippen molar-refractivity contribution in [2.24, 2.45) is 0 Å².